The van der Waals surface area contributed by atoms with Crippen molar-refractivity contribution >= 4 is 5.69 Å². The lowest BCUT2D eigenvalue weighted by molar-refractivity contribution is 0.0169. The Morgan fingerprint density at radius 3 is 2.44 bits per heavy atom. The predicted octanol–water partition coefficient (Wildman–Crippen LogP) is 3.77. The minimum Gasteiger partial charge on any atom is -0.399 e. The van der Waals surface area contributed by atoms with E-state index >= 15 is 0 Å². The summed E-state index contributed by atoms with van der Waals surface area (Å²) >= 11 is 0. The number of nitriles is 1. The van der Waals surface area contributed by atoms with Crippen molar-refractivity contribution in [3.05, 3.63) is 29.8 Å². The summed E-state index contributed by atoms with van der Waals surface area (Å²) in [5.41, 5.74) is 7.96. The quantitative estimate of drug-likeness (QED) is 0.759. The third-order valence-electron chi connectivity index (χ3n) is 4.92. The maximum Gasteiger partial charge on any atom is 0.0833 e. The van der Waals surface area contributed by atoms with Crippen LogP contribution in [0, 0.1) is 16.7 Å². The van der Waals surface area contributed by atoms with Crippen molar-refractivity contribution in [1.82, 2.24) is 0 Å². The van der Waals surface area contributed by atoms with Gasteiger partial charge in [0.2, 0.25) is 0 Å². The number of rotatable bonds is 1. The zero-order valence-corrected chi connectivity index (χ0v) is 10.8. The van der Waals surface area contributed by atoms with E-state index in [1.54, 1.807) is 0 Å². The van der Waals surface area contributed by atoms with Gasteiger partial charge in [-0.15, -0.1) is 0 Å². The van der Waals surface area contributed by atoms with Crippen LogP contribution in [0.15, 0.2) is 24.3 Å². The molecule has 2 fully saturated rings. The van der Waals surface area contributed by atoms with E-state index in [2.05, 4.69) is 12.1 Å². The molecule has 1 aromatic rings. The molecule has 0 aliphatic heterocycles. The second-order valence-electron chi connectivity index (χ2n) is 6.23. The number of nitrogens with two attached hydrogens (primary N) is 1. The van der Waals surface area contributed by atoms with Crippen LogP contribution in [0.1, 0.15) is 50.5 Å². The molecule has 0 radical (unpaired) electrons. The van der Waals surface area contributed by atoms with Gasteiger partial charge in [-0.25, -0.2) is 0 Å². The lowest BCUT2D eigenvalue weighted by Gasteiger charge is -2.55. The molecule has 2 nitrogen and oxygen atoms in total. The SMILES string of the molecule is N#CC1(c2cccc(N)c2)CC2(CCCCC2)C1. The second-order valence-corrected chi connectivity index (χ2v) is 6.23. The molecule has 0 atom stereocenters. The Kier molecular flexibility index (Phi) is 2.59. The summed E-state index contributed by atoms with van der Waals surface area (Å²) in [6.45, 7) is 0. The first kappa shape index (κ1) is 11.6. The summed E-state index contributed by atoms with van der Waals surface area (Å²) in [6.07, 6.45) is 8.79. The maximum atomic E-state index is 9.60. The average molecular weight is 240 g/mol. The molecule has 2 aliphatic carbocycles. The van der Waals surface area contributed by atoms with E-state index in [9.17, 15) is 5.26 Å². The standard InChI is InChI=1S/C16H20N2/c17-12-16(13-5-4-6-14(18)9-13)10-15(11-16)7-2-1-3-8-15/h4-6,9H,1-3,7-8,10-11,18H2. The molecule has 3 rings (SSSR count). The Morgan fingerprint density at radius 2 is 1.83 bits per heavy atom. The summed E-state index contributed by atoms with van der Waals surface area (Å²) in [5.74, 6) is 0. The minimum atomic E-state index is -0.257. The van der Waals surface area contributed by atoms with Gasteiger partial charge in [0.25, 0.3) is 0 Å². The summed E-state index contributed by atoms with van der Waals surface area (Å²) in [5, 5.41) is 9.60. The molecule has 0 heterocycles. The van der Waals surface area contributed by atoms with Crippen LogP contribution in [0.25, 0.3) is 0 Å². The Bertz CT molecular complexity index is 484. The maximum absolute atomic E-state index is 9.60. The van der Waals surface area contributed by atoms with Crippen molar-refractivity contribution < 1.29 is 0 Å². The fourth-order valence-electron chi connectivity index (χ4n) is 4.07. The summed E-state index contributed by atoms with van der Waals surface area (Å²) in [6, 6.07) is 10.5. The average Bonchev–Trinajstić information content (AvgIpc) is 2.36. The molecular formula is C16H20N2. The van der Waals surface area contributed by atoms with Gasteiger partial charge in [0.1, 0.15) is 0 Å². The highest BCUT2D eigenvalue weighted by Crippen LogP contribution is 2.61. The van der Waals surface area contributed by atoms with Crippen LogP contribution in [-0.2, 0) is 5.41 Å². The van der Waals surface area contributed by atoms with Crippen LogP contribution >= 0.6 is 0 Å². The van der Waals surface area contributed by atoms with Gasteiger partial charge in [-0.3, -0.25) is 0 Å². The number of nitrogens with zero attached hydrogens (tertiary/aromatic N) is 1. The first-order chi connectivity index (χ1) is 8.68. The molecule has 0 bridgehead atoms. The van der Waals surface area contributed by atoms with Gasteiger partial charge >= 0.3 is 0 Å². The van der Waals surface area contributed by atoms with Crippen molar-refractivity contribution in [3.8, 4) is 6.07 Å². The summed E-state index contributed by atoms with van der Waals surface area (Å²) in [7, 11) is 0. The molecule has 2 saturated carbocycles. The highest BCUT2D eigenvalue weighted by molar-refractivity contribution is 5.47. The van der Waals surface area contributed by atoms with Crippen LogP contribution in [0.3, 0.4) is 0 Å². The fourth-order valence-corrected chi connectivity index (χ4v) is 4.07. The highest BCUT2D eigenvalue weighted by Gasteiger charge is 2.55. The summed E-state index contributed by atoms with van der Waals surface area (Å²) < 4.78 is 0. The van der Waals surface area contributed by atoms with Gasteiger partial charge in [0.15, 0.2) is 0 Å². The summed E-state index contributed by atoms with van der Waals surface area (Å²) in [4.78, 5) is 0. The van der Waals surface area contributed by atoms with E-state index in [4.69, 9.17) is 5.73 Å². The number of hydrogen-bond donors (Lipinski definition) is 1. The Balaban J connectivity index is 1.85. The third kappa shape index (κ3) is 1.70. The van der Waals surface area contributed by atoms with Gasteiger partial charge in [0.05, 0.1) is 11.5 Å². The monoisotopic (exact) mass is 240 g/mol. The molecule has 2 aliphatic rings. The Hall–Kier alpha value is -1.49. The number of nitrogen functional groups attached to an aromatic ring is 1. The van der Waals surface area contributed by atoms with Crippen molar-refractivity contribution in [2.75, 3.05) is 5.73 Å². The zero-order chi connectivity index (χ0) is 12.6. The lowest BCUT2D eigenvalue weighted by Crippen LogP contribution is -2.49. The zero-order valence-electron chi connectivity index (χ0n) is 10.8. The molecule has 2 N–H and O–H groups in total. The normalized spacial score (nSPS) is 24.2. The lowest BCUT2D eigenvalue weighted by atomic mass is 9.47. The van der Waals surface area contributed by atoms with Crippen molar-refractivity contribution in [3.63, 3.8) is 0 Å². The number of anilines is 1. The van der Waals surface area contributed by atoms with E-state index in [0.29, 0.717) is 5.41 Å². The topological polar surface area (TPSA) is 49.8 Å². The van der Waals surface area contributed by atoms with Gasteiger partial charge in [-0.1, -0.05) is 31.4 Å². The van der Waals surface area contributed by atoms with Gasteiger partial charge in [0, 0.05) is 5.69 Å². The molecule has 1 aromatic carbocycles. The second kappa shape index (κ2) is 4.02. The van der Waals surface area contributed by atoms with Crippen LogP contribution in [0.5, 0.6) is 0 Å². The predicted molar refractivity (Wildman–Crippen MR) is 72.9 cm³/mol. The number of hydrogen-bond acceptors (Lipinski definition) is 2. The van der Waals surface area contributed by atoms with Gasteiger partial charge in [-0.05, 0) is 48.8 Å². The largest absolute Gasteiger partial charge is 0.399 e. The highest BCUT2D eigenvalue weighted by atomic mass is 14.6. The molecule has 0 amide bonds. The molecule has 2 heteroatoms. The Morgan fingerprint density at radius 1 is 1.11 bits per heavy atom. The van der Waals surface area contributed by atoms with Crippen molar-refractivity contribution in [1.29, 1.82) is 5.26 Å². The molecule has 0 aromatic heterocycles. The third-order valence-corrected chi connectivity index (χ3v) is 4.92. The van der Waals surface area contributed by atoms with Crippen molar-refractivity contribution in [2.45, 2.75) is 50.4 Å². The molecule has 18 heavy (non-hydrogen) atoms. The van der Waals surface area contributed by atoms with Crippen LogP contribution in [0.2, 0.25) is 0 Å². The van der Waals surface area contributed by atoms with Crippen LogP contribution < -0.4 is 5.73 Å². The van der Waals surface area contributed by atoms with Gasteiger partial charge < -0.3 is 5.73 Å². The smallest absolute Gasteiger partial charge is 0.0833 e. The van der Waals surface area contributed by atoms with E-state index in [-0.39, 0.29) is 5.41 Å². The van der Waals surface area contributed by atoms with Crippen LogP contribution in [0.4, 0.5) is 5.69 Å². The first-order valence-electron chi connectivity index (χ1n) is 6.95. The number of benzene rings is 1. The first-order valence-corrected chi connectivity index (χ1v) is 6.95. The van der Waals surface area contributed by atoms with E-state index in [0.717, 1.165) is 24.1 Å². The Labute approximate surface area is 109 Å². The minimum absolute atomic E-state index is 0.257. The molecule has 0 saturated heterocycles. The fraction of sp³-hybridized carbons (Fsp3) is 0.562. The molecule has 1 spiro atoms. The van der Waals surface area contributed by atoms with E-state index in [1.165, 1.54) is 32.1 Å². The van der Waals surface area contributed by atoms with Crippen molar-refractivity contribution in [2.24, 2.45) is 5.41 Å². The molecule has 94 valence electrons. The molecule has 0 unspecified atom stereocenters. The van der Waals surface area contributed by atoms with Crippen LogP contribution in [-0.4, -0.2) is 0 Å². The van der Waals surface area contributed by atoms with Gasteiger partial charge in [-0.2, -0.15) is 5.26 Å². The van der Waals surface area contributed by atoms with E-state index in [1.807, 2.05) is 18.2 Å². The molecular weight excluding hydrogens is 220 g/mol. The van der Waals surface area contributed by atoms with E-state index < -0.39 is 0 Å².